The van der Waals surface area contributed by atoms with Crippen molar-refractivity contribution in [2.24, 2.45) is 28.6 Å². The maximum Gasteiger partial charge on any atom is 0.190 e. The highest BCUT2D eigenvalue weighted by Gasteiger charge is 2.68. The molecule has 0 aliphatic heterocycles. The molecule has 2 fully saturated rings. The van der Waals surface area contributed by atoms with Crippen molar-refractivity contribution in [3.05, 3.63) is 23.3 Å². The standard InChI is InChI=1S/C22H30O5/c1-12-8-14-15-5-7-22(27,18(26)11-23)21(15,3)10-17(25)19(14)20(2)6-4-13(24)9-16(12)20/h4,6,14-15,17,19,23,25,27H,5,7-11H2,1-3H3/t14-,15-,17-,19+,20-,21-,22-/m0/s1. The van der Waals surface area contributed by atoms with Crippen LogP contribution in [0.25, 0.3) is 0 Å². The number of hydrogen-bond acceptors (Lipinski definition) is 5. The Labute approximate surface area is 160 Å². The van der Waals surface area contributed by atoms with E-state index in [1.165, 1.54) is 5.57 Å². The number of rotatable bonds is 2. The van der Waals surface area contributed by atoms with Gasteiger partial charge < -0.3 is 15.3 Å². The number of aliphatic hydroxyl groups is 3. The molecule has 0 bridgehead atoms. The lowest BCUT2D eigenvalue weighted by atomic mass is 9.46. The molecule has 0 radical (unpaired) electrons. The van der Waals surface area contributed by atoms with Crippen molar-refractivity contribution >= 4 is 11.6 Å². The quantitative estimate of drug-likeness (QED) is 0.642. The highest BCUT2D eigenvalue weighted by Crippen LogP contribution is 2.67. The fourth-order valence-electron chi connectivity index (χ4n) is 7.27. The van der Waals surface area contributed by atoms with Crippen molar-refractivity contribution in [1.29, 1.82) is 0 Å². The largest absolute Gasteiger partial charge is 0.393 e. The average molecular weight is 374 g/mol. The minimum Gasteiger partial charge on any atom is -0.393 e. The van der Waals surface area contributed by atoms with Crippen LogP contribution >= 0.6 is 0 Å². The molecule has 4 aliphatic rings. The zero-order valence-electron chi connectivity index (χ0n) is 16.4. The maximum absolute atomic E-state index is 12.4. The van der Waals surface area contributed by atoms with Crippen molar-refractivity contribution in [2.75, 3.05) is 6.61 Å². The molecule has 0 saturated heterocycles. The van der Waals surface area contributed by atoms with E-state index in [0.29, 0.717) is 25.7 Å². The van der Waals surface area contributed by atoms with Crippen molar-refractivity contribution in [2.45, 2.75) is 64.6 Å². The van der Waals surface area contributed by atoms with Crippen LogP contribution in [0.1, 0.15) is 52.9 Å². The van der Waals surface area contributed by atoms with Crippen LogP contribution in [0.15, 0.2) is 23.3 Å². The van der Waals surface area contributed by atoms with E-state index >= 15 is 0 Å². The molecule has 0 amide bonds. The molecule has 0 unspecified atom stereocenters. The predicted molar refractivity (Wildman–Crippen MR) is 99.7 cm³/mol. The first-order chi connectivity index (χ1) is 12.6. The number of aliphatic hydroxyl groups excluding tert-OH is 2. The molecule has 4 rings (SSSR count). The Morgan fingerprint density at radius 1 is 1.33 bits per heavy atom. The number of fused-ring (bicyclic) bond motifs is 5. The maximum atomic E-state index is 12.4. The second-order valence-electron chi connectivity index (χ2n) is 9.69. The summed E-state index contributed by atoms with van der Waals surface area (Å²) in [5.74, 6) is -0.197. The van der Waals surface area contributed by atoms with Gasteiger partial charge in [-0.1, -0.05) is 31.1 Å². The van der Waals surface area contributed by atoms with Crippen LogP contribution in [0, 0.1) is 28.6 Å². The summed E-state index contributed by atoms with van der Waals surface area (Å²) in [6, 6.07) is 0. The number of hydrogen-bond donors (Lipinski definition) is 3. The molecule has 27 heavy (non-hydrogen) atoms. The van der Waals surface area contributed by atoms with E-state index < -0.39 is 29.5 Å². The summed E-state index contributed by atoms with van der Waals surface area (Å²) >= 11 is 0. The van der Waals surface area contributed by atoms with Gasteiger partial charge >= 0.3 is 0 Å². The number of allylic oxidation sites excluding steroid dienone is 4. The van der Waals surface area contributed by atoms with Gasteiger partial charge in [0.25, 0.3) is 0 Å². The van der Waals surface area contributed by atoms with Gasteiger partial charge in [0.05, 0.1) is 6.10 Å². The minimum atomic E-state index is -1.57. The fraction of sp³-hybridized carbons (Fsp3) is 0.727. The number of carbonyl (C=O) groups excluding carboxylic acids is 2. The van der Waals surface area contributed by atoms with E-state index in [1.807, 2.05) is 13.0 Å². The van der Waals surface area contributed by atoms with Gasteiger partial charge in [-0.2, -0.15) is 0 Å². The van der Waals surface area contributed by atoms with Gasteiger partial charge in [-0.3, -0.25) is 9.59 Å². The first-order valence-corrected chi connectivity index (χ1v) is 10.0. The fourth-order valence-corrected chi connectivity index (χ4v) is 7.27. The highest BCUT2D eigenvalue weighted by molar-refractivity contribution is 5.93. The van der Waals surface area contributed by atoms with Crippen molar-refractivity contribution in [3.63, 3.8) is 0 Å². The van der Waals surface area contributed by atoms with Gasteiger partial charge in [-0.05, 0) is 50.5 Å². The van der Waals surface area contributed by atoms with E-state index in [4.69, 9.17) is 0 Å². The Morgan fingerprint density at radius 2 is 2.04 bits per heavy atom. The van der Waals surface area contributed by atoms with Gasteiger partial charge in [0.2, 0.25) is 0 Å². The first kappa shape index (κ1) is 19.0. The third kappa shape index (κ3) is 2.28. The van der Waals surface area contributed by atoms with E-state index in [2.05, 4.69) is 13.8 Å². The average Bonchev–Trinajstić information content (AvgIpc) is 2.87. The first-order valence-electron chi connectivity index (χ1n) is 10.0. The molecule has 2 saturated carbocycles. The summed E-state index contributed by atoms with van der Waals surface area (Å²) in [6.45, 7) is 5.44. The molecule has 148 valence electrons. The molecule has 5 heteroatoms. The van der Waals surface area contributed by atoms with Crippen LogP contribution in [0.3, 0.4) is 0 Å². The Balaban J connectivity index is 1.80. The molecule has 0 spiro atoms. The van der Waals surface area contributed by atoms with Crippen molar-refractivity contribution < 1.29 is 24.9 Å². The van der Waals surface area contributed by atoms with Gasteiger partial charge in [0.1, 0.15) is 12.2 Å². The second kappa shape index (κ2) is 5.85. The molecule has 5 nitrogen and oxygen atoms in total. The highest BCUT2D eigenvalue weighted by atomic mass is 16.3. The summed E-state index contributed by atoms with van der Waals surface area (Å²) in [7, 11) is 0. The predicted octanol–water partition coefficient (Wildman–Crippen LogP) is 1.95. The lowest BCUT2D eigenvalue weighted by molar-refractivity contribution is -0.176. The Bertz CT molecular complexity index is 767. The lowest BCUT2D eigenvalue weighted by Gasteiger charge is -2.59. The van der Waals surface area contributed by atoms with Gasteiger partial charge in [0, 0.05) is 23.2 Å². The number of Topliss-reactive ketones (excluding diaryl/α,β-unsaturated/α-hetero) is 1. The molecule has 7 atom stereocenters. The monoisotopic (exact) mass is 374 g/mol. The Hall–Kier alpha value is -1.30. The number of ketones is 2. The van der Waals surface area contributed by atoms with Crippen LogP contribution in [0.2, 0.25) is 0 Å². The van der Waals surface area contributed by atoms with E-state index in [-0.39, 0.29) is 29.0 Å². The topological polar surface area (TPSA) is 94.8 Å². The summed E-state index contributed by atoms with van der Waals surface area (Å²) in [5.41, 5.74) is -0.329. The number of carbonyl (C=O) groups is 2. The zero-order chi connectivity index (χ0) is 19.8. The van der Waals surface area contributed by atoms with Crippen molar-refractivity contribution in [3.8, 4) is 0 Å². The molecule has 0 heterocycles. The van der Waals surface area contributed by atoms with E-state index in [1.54, 1.807) is 6.08 Å². The molecule has 4 aliphatic carbocycles. The minimum absolute atomic E-state index is 0.0230. The van der Waals surface area contributed by atoms with Crippen LogP contribution < -0.4 is 0 Å². The molecule has 0 aromatic carbocycles. The Morgan fingerprint density at radius 3 is 2.70 bits per heavy atom. The smallest absolute Gasteiger partial charge is 0.190 e. The summed E-state index contributed by atoms with van der Waals surface area (Å²) in [6.07, 6.45) is 5.56. The van der Waals surface area contributed by atoms with Crippen molar-refractivity contribution in [1.82, 2.24) is 0 Å². The molecular weight excluding hydrogens is 344 g/mol. The van der Waals surface area contributed by atoms with Gasteiger partial charge in [-0.25, -0.2) is 0 Å². The van der Waals surface area contributed by atoms with E-state index in [9.17, 15) is 24.9 Å². The summed E-state index contributed by atoms with van der Waals surface area (Å²) < 4.78 is 0. The normalized spacial score (nSPS) is 48.9. The summed E-state index contributed by atoms with van der Waals surface area (Å²) in [5, 5.41) is 31.9. The SMILES string of the molecule is CC1=C2CC(=O)C=C[C@]2(C)[C@@H]2[C@@H](C1)[C@@H]1CC[C@](O)(C(=O)CO)[C@@]1(C)C[C@@H]2O. The lowest BCUT2D eigenvalue weighted by Crippen LogP contribution is -2.61. The van der Waals surface area contributed by atoms with Crippen LogP contribution in [-0.2, 0) is 9.59 Å². The molecular formula is C22H30O5. The zero-order valence-corrected chi connectivity index (χ0v) is 16.4. The molecule has 3 N–H and O–H groups in total. The van der Waals surface area contributed by atoms with Gasteiger partial charge in [-0.15, -0.1) is 0 Å². The second-order valence-corrected chi connectivity index (χ2v) is 9.69. The van der Waals surface area contributed by atoms with E-state index in [0.717, 1.165) is 12.0 Å². The van der Waals surface area contributed by atoms with Crippen LogP contribution in [0.5, 0.6) is 0 Å². The third-order valence-corrected chi connectivity index (χ3v) is 8.58. The Kier molecular flexibility index (Phi) is 4.12. The van der Waals surface area contributed by atoms with Crippen LogP contribution in [0.4, 0.5) is 0 Å². The summed E-state index contributed by atoms with van der Waals surface area (Å²) in [4.78, 5) is 24.4. The molecule has 0 aromatic rings. The third-order valence-electron chi connectivity index (χ3n) is 8.58. The van der Waals surface area contributed by atoms with Gasteiger partial charge in [0.15, 0.2) is 11.6 Å². The molecule has 0 aromatic heterocycles. The van der Waals surface area contributed by atoms with Crippen LogP contribution in [-0.4, -0.2) is 45.2 Å².